The lowest BCUT2D eigenvalue weighted by molar-refractivity contribution is -0.129. The minimum absolute atomic E-state index is 0.170. The van der Waals surface area contributed by atoms with Gasteiger partial charge >= 0.3 is 0 Å². The van der Waals surface area contributed by atoms with Gasteiger partial charge in [-0.15, -0.1) is 0 Å². The van der Waals surface area contributed by atoms with Crippen LogP contribution in [0.25, 0.3) is 0 Å². The average Bonchev–Trinajstić information content (AvgIpc) is 2.49. The fourth-order valence-corrected chi connectivity index (χ4v) is 2.52. The van der Waals surface area contributed by atoms with E-state index in [2.05, 4.69) is 36.1 Å². The Bertz CT molecular complexity index is 406. The van der Waals surface area contributed by atoms with Gasteiger partial charge in [0.15, 0.2) is 0 Å². The standard InChI is InChI=1S/C15H22N2O.C2H6/c1-12-4-6-15(7-5-12)17-10-8-14(9-11-17)16(3)13(2)18;1-2/h4-7,14H,8-11H2,1-3H3;1-2H3. The van der Waals surface area contributed by atoms with E-state index in [1.54, 1.807) is 6.92 Å². The van der Waals surface area contributed by atoms with E-state index in [0.29, 0.717) is 6.04 Å². The highest BCUT2D eigenvalue weighted by Crippen LogP contribution is 2.22. The second kappa shape index (κ2) is 7.93. The number of aryl methyl sites for hydroxylation is 1. The summed E-state index contributed by atoms with van der Waals surface area (Å²) in [6.45, 7) is 9.82. The Kier molecular flexibility index (Phi) is 6.56. The van der Waals surface area contributed by atoms with Crippen LogP contribution in [0.2, 0.25) is 0 Å². The van der Waals surface area contributed by atoms with Gasteiger partial charge in [0, 0.05) is 38.8 Å². The first-order chi connectivity index (χ1) is 9.58. The van der Waals surface area contributed by atoms with Gasteiger partial charge in [0.05, 0.1) is 0 Å². The first kappa shape index (κ1) is 16.5. The molecule has 0 unspecified atom stereocenters. The molecule has 1 fully saturated rings. The molecule has 0 aromatic heterocycles. The Morgan fingerprint density at radius 1 is 1.15 bits per heavy atom. The van der Waals surface area contributed by atoms with Gasteiger partial charge in [0.2, 0.25) is 5.91 Å². The Morgan fingerprint density at radius 2 is 1.65 bits per heavy atom. The molecule has 0 spiro atoms. The largest absolute Gasteiger partial charge is 0.371 e. The molecule has 0 radical (unpaired) electrons. The maximum Gasteiger partial charge on any atom is 0.219 e. The van der Waals surface area contributed by atoms with Crippen molar-refractivity contribution >= 4 is 11.6 Å². The van der Waals surface area contributed by atoms with Crippen LogP contribution in [0.4, 0.5) is 5.69 Å². The Balaban J connectivity index is 0.000000956. The smallest absolute Gasteiger partial charge is 0.219 e. The number of amides is 1. The zero-order valence-corrected chi connectivity index (χ0v) is 13.5. The zero-order valence-electron chi connectivity index (χ0n) is 13.5. The number of anilines is 1. The summed E-state index contributed by atoms with van der Waals surface area (Å²) in [5, 5.41) is 0. The Labute approximate surface area is 123 Å². The van der Waals surface area contributed by atoms with Crippen LogP contribution in [0.15, 0.2) is 24.3 Å². The number of hydrogen-bond donors (Lipinski definition) is 0. The Morgan fingerprint density at radius 3 is 2.10 bits per heavy atom. The number of piperidine rings is 1. The van der Waals surface area contributed by atoms with E-state index in [9.17, 15) is 4.79 Å². The minimum atomic E-state index is 0.170. The quantitative estimate of drug-likeness (QED) is 0.826. The molecule has 1 aliphatic heterocycles. The van der Waals surface area contributed by atoms with Crippen molar-refractivity contribution < 1.29 is 4.79 Å². The molecule has 0 N–H and O–H groups in total. The van der Waals surface area contributed by atoms with E-state index in [-0.39, 0.29) is 5.91 Å². The molecule has 1 heterocycles. The maximum absolute atomic E-state index is 11.3. The van der Waals surface area contributed by atoms with Crippen molar-refractivity contribution in [2.75, 3.05) is 25.0 Å². The predicted octanol–water partition coefficient (Wildman–Crippen LogP) is 3.47. The minimum Gasteiger partial charge on any atom is -0.371 e. The molecule has 0 atom stereocenters. The predicted molar refractivity (Wildman–Crippen MR) is 86.2 cm³/mol. The number of carbonyl (C=O) groups excluding carboxylic acids is 1. The van der Waals surface area contributed by atoms with Crippen LogP contribution in [0.5, 0.6) is 0 Å². The fraction of sp³-hybridized carbons (Fsp3) is 0.588. The Hall–Kier alpha value is -1.51. The monoisotopic (exact) mass is 276 g/mol. The van der Waals surface area contributed by atoms with E-state index >= 15 is 0 Å². The fourth-order valence-electron chi connectivity index (χ4n) is 2.52. The number of carbonyl (C=O) groups is 1. The molecule has 1 aromatic rings. The van der Waals surface area contributed by atoms with Crippen molar-refractivity contribution in [2.24, 2.45) is 0 Å². The van der Waals surface area contributed by atoms with Gasteiger partial charge in [0.1, 0.15) is 0 Å². The van der Waals surface area contributed by atoms with Crippen molar-refractivity contribution in [1.29, 1.82) is 0 Å². The van der Waals surface area contributed by atoms with Gasteiger partial charge in [-0.05, 0) is 31.9 Å². The van der Waals surface area contributed by atoms with Crippen LogP contribution in [0.1, 0.15) is 39.2 Å². The normalized spacial score (nSPS) is 15.3. The average molecular weight is 276 g/mol. The van der Waals surface area contributed by atoms with Gasteiger partial charge in [-0.25, -0.2) is 0 Å². The van der Waals surface area contributed by atoms with Gasteiger partial charge in [-0.2, -0.15) is 0 Å². The van der Waals surface area contributed by atoms with Crippen LogP contribution < -0.4 is 4.90 Å². The molecular weight excluding hydrogens is 248 g/mol. The third-order valence-electron chi connectivity index (χ3n) is 3.91. The molecule has 112 valence electrons. The highest BCUT2D eigenvalue weighted by atomic mass is 16.2. The summed E-state index contributed by atoms with van der Waals surface area (Å²) in [6.07, 6.45) is 2.12. The number of nitrogens with zero attached hydrogens (tertiary/aromatic N) is 2. The topological polar surface area (TPSA) is 23.6 Å². The van der Waals surface area contributed by atoms with Gasteiger partial charge < -0.3 is 9.80 Å². The summed E-state index contributed by atoms with van der Waals surface area (Å²) >= 11 is 0. The molecule has 3 nitrogen and oxygen atoms in total. The lowest BCUT2D eigenvalue weighted by atomic mass is 10.0. The second-order valence-electron chi connectivity index (χ2n) is 5.18. The van der Waals surface area contributed by atoms with Gasteiger partial charge in [0.25, 0.3) is 0 Å². The number of benzene rings is 1. The van der Waals surface area contributed by atoms with E-state index in [4.69, 9.17) is 0 Å². The van der Waals surface area contributed by atoms with Crippen molar-refractivity contribution in [2.45, 2.75) is 46.6 Å². The highest BCUT2D eigenvalue weighted by molar-refractivity contribution is 5.73. The van der Waals surface area contributed by atoms with Crippen LogP contribution >= 0.6 is 0 Å². The van der Waals surface area contributed by atoms with Gasteiger partial charge in [-0.3, -0.25) is 4.79 Å². The summed E-state index contributed by atoms with van der Waals surface area (Å²) < 4.78 is 0. The lowest BCUT2D eigenvalue weighted by Crippen LogP contribution is -2.45. The van der Waals surface area contributed by atoms with Crippen molar-refractivity contribution in [1.82, 2.24) is 4.90 Å². The SMILES string of the molecule is CC.CC(=O)N(C)C1CCN(c2ccc(C)cc2)CC1. The van der Waals surface area contributed by atoms with Crippen LogP contribution in [0.3, 0.4) is 0 Å². The molecule has 0 bridgehead atoms. The zero-order chi connectivity index (χ0) is 15.1. The molecule has 1 saturated heterocycles. The number of rotatable bonds is 2. The van der Waals surface area contributed by atoms with Crippen LogP contribution in [-0.2, 0) is 4.79 Å². The first-order valence-electron chi connectivity index (χ1n) is 7.63. The molecule has 0 saturated carbocycles. The highest BCUT2D eigenvalue weighted by Gasteiger charge is 2.23. The molecule has 2 rings (SSSR count). The van der Waals surface area contributed by atoms with Crippen molar-refractivity contribution in [3.8, 4) is 0 Å². The van der Waals surface area contributed by atoms with E-state index in [1.165, 1.54) is 11.3 Å². The third kappa shape index (κ3) is 4.26. The van der Waals surface area contributed by atoms with Crippen LogP contribution in [0, 0.1) is 6.92 Å². The molecule has 20 heavy (non-hydrogen) atoms. The summed E-state index contributed by atoms with van der Waals surface area (Å²) in [7, 11) is 1.91. The molecule has 0 aliphatic carbocycles. The molecule has 1 amide bonds. The van der Waals surface area contributed by atoms with E-state index in [0.717, 1.165) is 25.9 Å². The second-order valence-corrected chi connectivity index (χ2v) is 5.18. The summed E-state index contributed by atoms with van der Waals surface area (Å²) in [6, 6.07) is 9.09. The molecule has 3 heteroatoms. The van der Waals surface area contributed by atoms with Crippen molar-refractivity contribution in [3.63, 3.8) is 0 Å². The summed E-state index contributed by atoms with van der Waals surface area (Å²) in [5.41, 5.74) is 2.59. The van der Waals surface area contributed by atoms with E-state index < -0.39 is 0 Å². The first-order valence-corrected chi connectivity index (χ1v) is 7.63. The van der Waals surface area contributed by atoms with Crippen molar-refractivity contribution in [3.05, 3.63) is 29.8 Å². The van der Waals surface area contributed by atoms with E-state index in [1.807, 2.05) is 25.8 Å². The third-order valence-corrected chi connectivity index (χ3v) is 3.91. The molecular formula is C17H28N2O. The number of hydrogen-bond acceptors (Lipinski definition) is 2. The summed E-state index contributed by atoms with van der Waals surface area (Å²) in [4.78, 5) is 15.6. The lowest BCUT2D eigenvalue weighted by Gasteiger charge is -2.37. The molecule has 1 aromatic carbocycles. The van der Waals surface area contributed by atoms with Crippen LogP contribution in [-0.4, -0.2) is 37.0 Å². The van der Waals surface area contributed by atoms with Gasteiger partial charge in [-0.1, -0.05) is 31.5 Å². The molecule has 1 aliphatic rings. The maximum atomic E-state index is 11.3. The summed E-state index contributed by atoms with van der Waals surface area (Å²) in [5.74, 6) is 0.170.